The average molecular weight is 301 g/mol. The summed E-state index contributed by atoms with van der Waals surface area (Å²) in [6.45, 7) is 0. The van der Waals surface area contributed by atoms with Crippen molar-refractivity contribution in [3.63, 3.8) is 0 Å². The minimum atomic E-state index is -0.324. The van der Waals surface area contributed by atoms with Gasteiger partial charge in [0.15, 0.2) is 0 Å². The first-order valence-electron chi connectivity index (χ1n) is 4.51. The van der Waals surface area contributed by atoms with E-state index in [0.717, 1.165) is 20.3 Å². The number of halogens is 1. The second-order valence-electron chi connectivity index (χ2n) is 3.09. The van der Waals surface area contributed by atoms with Gasteiger partial charge >= 0.3 is 5.97 Å². The molecule has 0 amide bonds. The van der Waals surface area contributed by atoms with Crippen molar-refractivity contribution in [2.24, 2.45) is 0 Å². The van der Waals surface area contributed by atoms with Crippen LogP contribution >= 0.6 is 27.3 Å². The number of fused-ring (bicyclic) bond motifs is 1. The predicted molar refractivity (Wildman–Crippen MR) is 67.4 cm³/mol. The molecule has 0 bridgehead atoms. The highest BCUT2D eigenvalue weighted by atomic mass is 79.9. The van der Waals surface area contributed by atoms with Crippen molar-refractivity contribution in [2.75, 3.05) is 14.2 Å². The van der Waals surface area contributed by atoms with E-state index in [4.69, 9.17) is 9.47 Å². The Labute approximate surface area is 105 Å². The number of rotatable bonds is 2. The lowest BCUT2D eigenvalue weighted by molar-refractivity contribution is 0.0606. The third-order valence-electron chi connectivity index (χ3n) is 2.20. The van der Waals surface area contributed by atoms with Crippen LogP contribution in [0, 0.1) is 0 Å². The summed E-state index contributed by atoms with van der Waals surface area (Å²) in [5, 5.41) is 0.963. The van der Waals surface area contributed by atoms with Crippen molar-refractivity contribution >= 4 is 43.3 Å². The molecule has 0 N–H and O–H groups in total. The highest BCUT2D eigenvalue weighted by Gasteiger charge is 2.14. The molecule has 0 unspecified atom stereocenters. The standard InChI is InChI=1S/C11H9BrO3S/c1-14-8-4-3-7(12)6-5-9(11(13)15-2)16-10(6)8/h3-5H,1-2H3. The molecule has 0 saturated carbocycles. The Morgan fingerprint density at radius 1 is 1.38 bits per heavy atom. The summed E-state index contributed by atoms with van der Waals surface area (Å²) in [7, 11) is 2.99. The van der Waals surface area contributed by atoms with E-state index < -0.39 is 0 Å². The Bertz CT molecular complexity index is 547. The third kappa shape index (κ3) is 1.81. The monoisotopic (exact) mass is 300 g/mol. The second kappa shape index (κ2) is 4.43. The molecular weight excluding hydrogens is 292 g/mol. The summed E-state index contributed by atoms with van der Waals surface area (Å²) in [4.78, 5) is 12.0. The first-order valence-corrected chi connectivity index (χ1v) is 6.12. The number of carbonyl (C=O) groups is 1. The van der Waals surface area contributed by atoms with Crippen LogP contribution < -0.4 is 4.74 Å². The van der Waals surface area contributed by atoms with Crippen LogP contribution in [0.2, 0.25) is 0 Å². The molecule has 1 heterocycles. The molecule has 0 saturated heterocycles. The number of methoxy groups -OCH3 is 2. The van der Waals surface area contributed by atoms with Crippen LogP contribution in [0.25, 0.3) is 10.1 Å². The number of benzene rings is 1. The van der Waals surface area contributed by atoms with E-state index in [1.807, 2.05) is 12.1 Å². The van der Waals surface area contributed by atoms with Gasteiger partial charge < -0.3 is 9.47 Å². The fraction of sp³-hybridized carbons (Fsp3) is 0.182. The van der Waals surface area contributed by atoms with Gasteiger partial charge in [-0.2, -0.15) is 0 Å². The van der Waals surface area contributed by atoms with Crippen LogP contribution in [0.1, 0.15) is 9.67 Å². The molecule has 0 aliphatic heterocycles. The van der Waals surface area contributed by atoms with Gasteiger partial charge in [-0.15, -0.1) is 11.3 Å². The van der Waals surface area contributed by atoms with Crippen molar-refractivity contribution < 1.29 is 14.3 Å². The fourth-order valence-electron chi connectivity index (χ4n) is 1.43. The van der Waals surface area contributed by atoms with E-state index in [1.54, 1.807) is 13.2 Å². The van der Waals surface area contributed by atoms with E-state index in [1.165, 1.54) is 18.4 Å². The molecular formula is C11H9BrO3S. The van der Waals surface area contributed by atoms with E-state index in [9.17, 15) is 4.79 Å². The number of hydrogen-bond acceptors (Lipinski definition) is 4. The molecule has 0 fully saturated rings. The first-order chi connectivity index (χ1) is 7.67. The molecule has 16 heavy (non-hydrogen) atoms. The van der Waals surface area contributed by atoms with Crippen molar-refractivity contribution in [2.45, 2.75) is 0 Å². The van der Waals surface area contributed by atoms with E-state index in [0.29, 0.717) is 4.88 Å². The molecule has 1 aromatic heterocycles. The summed E-state index contributed by atoms with van der Waals surface area (Å²) >= 11 is 4.81. The van der Waals surface area contributed by atoms with Gasteiger partial charge in [0.25, 0.3) is 0 Å². The van der Waals surface area contributed by atoms with Gasteiger partial charge in [-0.05, 0) is 18.2 Å². The predicted octanol–water partition coefficient (Wildman–Crippen LogP) is 3.46. The summed E-state index contributed by atoms with van der Waals surface area (Å²) in [6, 6.07) is 5.57. The zero-order valence-electron chi connectivity index (χ0n) is 8.74. The maximum Gasteiger partial charge on any atom is 0.348 e. The van der Waals surface area contributed by atoms with E-state index in [-0.39, 0.29) is 5.97 Å². The molecule has 5 heteroatoms. The first kappa shape index (κ1) is 11.4. The van der Waals surface area contributed by atoms with Crippen LogP contribution in [0.4, 0.5) is 0 Å². The zero-order chi connectivity index (χ0) is 11.7. The maximum atomic E-state index is 11.4. The Kier molecular flexibility index (Phi) is 3.16. The van der Waals surface area contributed by atoms with Gasteiger partial charge in [-0.25, -0.2) is 4.79 Å². The Hall–Kier alpha value is -1.07. The maximum absolute atomic E-state index is 11.4. The van der Waals surface area contributed by atoms with Gasteiger partial charge in [0.05, 0.1) is 18.9 Å². The van der Waals surface area contributed by atoms with Crippen molar-refractivity contribution in [1.82, 2.24) is 0 Å². The summed E-state index contributed by atoms with van der Waals surface area (Å²) in [6.07, 6.45) is 0. The largest absolute Gasteiger partial charge is 0.495 e. The van der Waals surface area contributed by atoms with Crippen LogP contribution in [-0.2, 0) is 4.74 Å². The summed E-state index contributed by atoms with van der Waals surface area (Å²) in [5.41, 5.74) is 0. The minimum absolute atomic E-state index is 0.324. The number of hydrogen-bond donors (Lipinski definition) is 0. The van der Waals surface area contributed by atoms with Crippen molar-refractivity contribution in [3.8, 4) is 5.75 Å². The highest BCUT2D eigenvalue weighted by molar-refractivity contribution is 9.10. The topological polar surface area (TPSA) is 35.5 Å². The molecule has 84 valence electrons. The van der Waals surface area contributed by atoms with Gasteiger partial charge in [-0.3, -0.25) is 0 Å². The van der Waals surface area contributed by atoms with Gasteiger partial charge in [0.1, 0.15) is 10.6 Å². The molecule has 1 aromatic carbocycles. The lowest BCUT2D eigenvalue weighted by Crippen LogP contribution is -1.96. The number of carbonyl (C=O) groups excluding carboxylic acids is 1. The SMILES string of the molecule is COC(=O)c1cc2c(Br)ccc(OC)c2s1. The lowest BCUT2D eigenvalue weighted by Gasteiger charge is -2.01. The van der Waals surface area contributed by atoms with Crippen LogP contribution in [0.5, 0.6) is 5.75 Å². The molecule has 0 aliphatic rings. The smallest absolute Gasteiger partial charge is 0.348 e. The third-order valence-corrected chi connectivity index (χ3v) is 4.02. The Morgan fingerprint density at radius 3 is 2.75 bits per heavy atom. The number of thiophene rings is 1. The highest BCUT2D eigenvalue weighted by Crippen LogP contribution is 2.38. The Morgan fingerprint density at radius 2 is 2.12 bits per heavy atom. The van der Waals surface area contributed by atoms with Gasteiger partial charge in [0.2, 0.25) is 0 Å². The quantitative estimate of drug-likeness (QED) is 0.797. The van der Waals surface area contributed by atoms with Crippen LogP contribution in [-0.4, -0.2) is 20.2 Å². The summed E-state index contributed by atoms with van der Waals surface area (Å²) < 4.78 is 11.8. The van der Waals surface area contributed by atoms with Crippen LogP contribution in [0.15, 0.2) is 22.7 Å². The minimum Gasteiger partial charge on any atom is -0.495 e. The normalized spacial score (nSPS) is 10.4. The van der Waals surface area contributed by atoms with Crippen molar-refractivity contribution in [3.05, 3.63) is 27.5 Å². The van der Waals surface area contributed by atoms with Gasteiger partial charge in [-0.1, -0.05) is 15.9 Å². The Balaban J connectivity index is 2.68. The second-order valence-corrected chi connectivity index (χ2v) is 5.00. The van der Waals surface area contributed by atoms with Gasteiger partial charge in [0, 0.05) is 9.86 Å². The van der Waals surface area contributed by atoms with E-state index >= 15 is 0 Å². The molecule has 2 rings (SSSR count). The number of esters is 1. The summed E-state index contributed by atoms with van der Waals surface area (Å²) in [5.74, 6) is 0.438. The lowest BCUT2D eigenvalue weighted by atomic mass is 10.2. The fourth-order valence-corrected chi connectivity index (χ4v) is 3.10. The van der Waals surface area contributed by atoms with Crippen LogP contribution in [0.3, 0.4) is 0 Å². The van der Waals surface area contributed by atoms with Crippen molar-refractivity contribution in [1.29, 1.82) is 0 Å². The molecule has 3 nitrogen and oxygen atoms in total. The zero-order valence-corrected chi connectivity index (χ0v) is 11.1. The molecule has 2 aromatic rings. The molecule has 0 spiro atoms. The molecule has 0 radical (unpaired) electrons. The average Bonchev–Trinajstić information content (AvgIpc) is 2.74. The van der Waals surface area contributed by atoms with E-state index in [2.05, 4.69) is 15.9 Å². The molecule has 0 aliphatic carbocycles. The number of ether oxygens (including phenoxy) is 2. The molecule has 0 atom stereocenters.